The molecule has 106 valence electrons. The van der Waals surface area contributed by atoms with Gasteiger partial charge in [0.1, 0.15) is 16.4 Å². The van der Waals surface area contributed by atoms with E-state index < -0.39 is 4.92 Å². The number of halogens is 1. The number of nitrogens with zero attached hydrogens (tertiary/aromatic N) is 2. The summed E-state index contributed by atoms with van der Waals surface area (Å²) in [7, 11) is 1.47. The summed E-state index contributed by atoms with van der Waals surface area (Å²) in [4.78, 5) is 14.9. The number of aromatic nitrogens is 1. The molecule has 2 rings (SSSR count). The monoisotopic (exact) mass is 294 g/mol. The summed E-state index contributed by atoms with van der Waals surface area (Å²) in [5, 5.41) is 12.1. The number of rotatable bonds is 2. The van der Waals surface area contributed by atoms with Crippen LogP contribution in [0.1, 0.15) is 26.3 Å². The van der Waals surface area contributed by atoms with Crippen LogP contribution in [0.4, 0.5) is 5.69 Å². The summed E-state index contributed by atoms with van der Waals surface area (Å²) in [5.41, 5.74) is 0.806. The standard InChI is InChI=1S/C14H15ClN2O3/c1-14(2,3)10-6-8-5-9(20-4)7-11(17(18)19)12(8)16-13(10)15/h5-7H,1-4H3. The average molecular weight is 295 g/mol. The Morgan fingerprint density at radius 1 is 1.30 bits per heavy atom. The van der Waals surface area contributed by atoms with Crippen molar-refractivity contribution in [3.63, 3.8) is 0 Å². The Bertz CT molecular complexity index is 693. The highest BCUT2D eigenvalue weighted by molar-refractivity contribution is 6.30. The van der Waals surface area contributed by atoms with Crippen LogP contribution in [0.2, 0.25) is 5.15 Å². The van der Waals surface area contributed by atoms with Gasteiger partial charge in [-0.2, -0.15) is 0 Å². The molecule has 6 heteroatoms. The zero-order valence-corrected chi connectivity index (χ0v) is 12.5. The Labute approximate surface area is 121 Å². The molecule has 0 radical (unpaired) electrons. The fourth-order valence-electron chi connectivity index (χ4n) is 2.00. The quantitative estimate of drug-likeness (QED) is 0.475. The number of hydrogen-bond acceptors (Lipinski definition) is 4. The molecule has 0 aliphatic heterocycles. The van der Waals surface area contributed by atoms with E-state index in [9.17, 15) is 10.1 Å². The number of pyridine rings is 1. The highest BCUT2D eigenvalue weighted by atomic mass is 35.5. The number of nitro benzene ring substituents is 1. The molecule has 2 aromatic rings. The van der Waals surface area contributed by atoms with Gasteiger partial charge in [0.2, 0.25) is 0 Å². The summed E-state index contributed by atoms with van der Waals surface area (Å²) >= 11 is 6.17. The van der Waals surface area contributed by atoms with Crippen LogP contribution < -0.4 is 4.74 Å². The predicted octanol–water partition coefficient (Wildman–Crippen LogP) is 4.10. The number of fused-ring (bicyclic) bond motifs is 1. The van der Waals surface area contributed by atoms with Gasteiger partial charge in [-0.3, -0.25) is 10.1 Å². The second kappa shape index (κ2) is 4.90. The lowest BCUT2D eigenvalue weighted by Crippen LogP contribution is -2.12. The van der Waals surface area contributed by atoms with Crippen LogP contribution >= 0.6 is 11.6 Å². The van der Waals surface area contributed by atoms with Crippen molar-refractivity contribution in [3.8, 4) is 5.75 Å². The molecule has 0 aliphatic rings. The van der Waals surface area contributed by atoms with Crippen LogP contribution in [0.15, 0.2) is 18.2 Å². The van der Waals surface area contributed by atoms with Crippen LogP contribution in [-0.2, 0) is 5.41 Å². The first-order valence-electron chi connectivity index (χ1n) is 6.07. The molecule has 0 saturated heterocycles. The fraction of sp³-hybridized carbons (Fsp3) is 0.357. The Hall–Kier alpha value is -1.88. The van der Waals surface area contributed by atoms with E-state index in [4.69, 9.17) is 16.3 Å². The van der Waals surface area contributed by atoms with Crippen molar-refractivity contribution in [3.05, 3.63) is 39.0 Å². The van der Waals surface area contributed by atoms with Crippen LogP contribution in [0.5, 0.6) is 5.75 Å². The molecule has 1 aromatic heterocycles. The maximum atomic E-state index is 11.1. The van der Waals surface area contributed by atoms with Crippen LogP contribution in [0.25, 0.3) is 10.9 Å². The summed E-state index contributed by atoms with van der Waals surface area (Å²) in [5.74, 6) is 0.424. The van der Waals surface area contributed by atoms with E-state index in [0.29, 0.717) is 16.3 Å². The lowest BCUT2D eigenvalue weighted by atomic mass is 9.87. The minimum atomic E-state index is -0.481. The van der Waals surface area contributed by atoms with Crippen molar-refractivity contribution in [2.75, 3.05) is 7.11 Å². The van der Waals surface area contributed by atoms with Gasteiger partial charge in [0.05, 0.1) is 18.1 Å². The molecule has 1 heterocycles. The molecular formula is C14H15ClN2O3. The Morgan fingerprint density at radius 3 is 2.45 bits per heavy atom. The zero-order valence-electron chi connectivity index (χ0n) is 11.7. The number of nitro groups is 1. The molecule has 0 unspecified atom stereocenters. The van der Waals surface area contributed by atoms with Gasteiger partial charge in [-0.25, -0.2) is 4.98 Å². The molecule has 0 amide bonds. The predicted molar refractivity (Wildman–Crippen MR) is 78.7 cm³/mol. The first-order chi connectivity index (χ1) is 9.24. The Balaban J connectivity index is 2.84. The molecule has 0 N–H and O–H groups in total. The third kappa shape index (κ3) is 2.54. The van der Waals surface area contributed by atoms with Crippen molar-refractivity contribution in [1.29, 1.82) is 0 Å². The van der Waals surface area contributed by atoms with E-state index >= 15 is 0 Å². The maximum absolute atomic E-state index is 11.1. The summed E-state index contributed by atoms with van der Waals surface area (Å²) < 4.78 is 5.10. The third-order valence-corrected chi connectivity index (χ3v) is 3.35. The first kappa shape index (κ1) is 14.5. The molecule has 0 bridgehead atoms. The van der Waals surface area contributed by atoms with Crippen molar-refractivity contribution in [1.82, 2.24) is 4.98 Å². The molecule has 0 saturated carbocycles. The van der Waals surface area contributed by atoms with E-state index in [2.05, 4.69) is 4.98 Å². The fourth-order valence-corrected chi connectivity index (χ4v) is 2.43. The first-order valence-corrected chi connectivity index (χ1v) is 6.45. The number of methoxy groups -OCH3 is 1. The van der Waals surface area contributed by atoms with Crippen molar-refractivity contribution in [2.24, 2.45) is 0 Å². The van der Waals surface area contributed by atoms with Gasteiger partial charge in [0.15, 0.2) is 0 Å². The molecule has 20 heavy (non-hydrogen) atoms. The Kier molecular flexibility index (Phi) is 3.56. The van der Waals surface area contributed by atoms with E-state index in [1.165, 1.54) is 13.2 Å². The molecule has 0 fully saturated rings. The van der Waals surface area contributed by atoms with Crippen molar-refractivity contribution in [2.45, 2.75) is 26.2 Å². The van der Waals surface area contributed by atoms with E-state index in [0.717, 1.165) is 5.56 Å². The number of non-ortho nitro benzene ring substituents is 1. The van der Waals surface area contributed by atoms with Crippen LogP contribution in [0, 0.1) is 10.1 Å². The number of ether oxygens (including phenoxy) is 1. The highest BCUT2D eigenvalue weighted by Gasteiger charge is 2.23. The van der Waals surface area contributed by atoms with Gasteiger partial charge in [0, 0.05) is 5.39 Å². The van der Waals surface area contributed by atoms with Gasteiger partial charge >= 0.3 is 0 Å². The third-order valence-electron chi connectivity index (χ3n) is 3.07. The second-order valence-corrected chi connectivity index (χ2v) is 5.91. The molecule has 0 aliphatic carbocycles. The summed E-state index contributed by atoms with van der Waals surface area (Å²) in [6.07, 6.45) is 0. The minimum absolute atomic E-state index is 0.110. The second-order valence-electron chi connectivity index (χ2n) is 5.55. The minimum Gasteiger partial charge on any atom is -0.496 e. The van der Waals surface area contributed by atoms with Crippen molar-refractivity contribution >= 4 is 28.2 Å². The van der Waals surface area contributed by atoms with Crippen LogP contribution in [0.3, 0.4) is 0 Å². The molecule has 0 atom stereocenters. The normalized spacial score (nSPS) is 11.7. The maximum Gasteiger partial charge on any atom is 0.299 e. The summed E-state index contributed by atoms with van der Waals surface area (Å²) in [6, 6.07) is 4.91. The lowest BCUT2D eigenvalue weighted by molar-refractivity contribution is -0.383. The van der Waals surface area contributed by atoms with E-state index in [1.54, 1.807) is 6.07 Å². The molecule has 1 aromatic carbocycles. The summed E-state index contributed by atoms with van der Waals surface area (Å²) in [6.45, 7) is 6.03. The average Bonchev–Trinajstić information content (AvgIpc) is 2.35. The van der Waals surface area contributed by atoms with Gasteiger partial charge in [-0.1, -0.05) is 32.4 Å². The number of benzene rings is 1. The smallest absolute Gasteiger partial charge is 0.299 e. The Morgan fingerprint density at radius 2 is 1.95 bits per heavy atom. The largest absolute Gasteiger partial charge is 0.496 e. The van der Waals surface area contributed by atoms with E-state index in [1.807, 2.05) is 26.8 Å². The number of hydrogen-bond donors (Lipinski definition) is 0. The molecular weight excluding hydrogens is 280 g/mol. The van der Waals surface area contributed by atoms with Gasteiger partial charge in [0.25, 0.3) is 5.69 Å². The topological polar surface area (TPSA) is 65.3 Å². The SMILES string of the molecule is COc1cc([N+](=O)[O-])c2nc(Cl)c(C(C)(C)C)cc2c1. The zero-order chi connectivity index (χ0) is 15.1. The van der Waals surface area contributed by atoms with Crippen molar-refractivity contribution < 1.29 is 9.66 Å². The van der Waals surface area contributed by atoms with Gasteiger partial charge in [-0.15, -0.1) is 0 Å². The van der Waals surface area contributed by atoms with E-state index in [-0.39, 0.29) is 16.6 Å². The highest BCUT2D eigenvalue weighted by Crippen LogP contribution is 2.36. The van der Waals surface area contributed by atoms with Gasteiger partial charge in [-0.05, 0) is 23.1 Å². The van der Waals surface area contributed by atoms with Crippen LogP contribution in [-0.4, -0.2) is 17.0 Å². The molecule has 0 spiro atoms. The van der Waals surface area contributed by atoms with Gasteiger partial charge < -0.3 is 4.74 Å². The molecule has 5 nitrogen and oxygen atoms in total. The lowest BCUT2D eigenvalue weighted by Gasteiger charge is -2.20.